The van der Waals surface area contributed by atoms with E-state index in [4.69, 9.17) is 10.5 Å². The third kappa shape index (κ3) is 9.64. The molecular weight excluding hydrogens is 222 g/mol. The van der Waals surface area contributed by atoms with Gasteiger partial charge < -0.3 is 5.73 Å². The van der Waals surface area contributed by atoms with Crippen molar-refractivity contribution in [2.24, 2.45) is 0 Å². The third-order valence-electron chi connectivity index (χ3n) is 2.64. The molecule has 0 atom stereocenters. The number of nitrogen functional groups attached to an aromatic ring is 1. The summed E-state index contributed by atoms with van der Waals surface area (Å²) in [5, 5.41) is 0. The second-order valence-corrected chi connectivity index (χ2v) is 4.28. The number of anilines is 1. The summed E-state index contributed by atoms with van der Waals surface area (Å²) in [4.78, 5) is 9.06. The highest BCUT2D eigenvalue weighted by atomic mass is 16.1. The third-order valence-corrected chi connectivity index (χ3v) is 2.64. The van der Waals surface area contributed by atoms with E-state index in [0.717, 1.165) is 5.69 Å². The molecule has 100 valence electrons. The quantitative estimate of drug-likeness (QED) is 0.340. The topological polar surface area (TPSA) is 43.1 Å². The van der Waals surface area contributed by atoms with Gasteiger partial charge in [0.15, 0.2) is 0 Å². The molecule has 1 rings (SSSR count). The SMILES string of the molecule is C=CC=O.CCCCCCCc1ccc(N)cc1. The Morgan fingerprint density at radius 2 is 1.67 bits per heavy atom. The molecule has 2 nitrogen and oxygen atoms in total. The average Bonchev–Trinajstić information content (AvgIpc) is 2.41. The molecule has 0 aliphatic rings. The van der Waals surface area contributed by atoms with Gasteiger partial charge in [0.05, 0.1) is 0 Å². The standard InChI is InChI=1S/C13H21N.C3H4O/c1-2-3-4-5-6-7-12-8-10-13(14)11-9-12;1-2-3-4/h8-11H,2-7,14H2,1H3;2-3H,1H2. The lowest BCUT2D eigenvalue weighted by molar-refractivity contribution is -0.104. The van der Waals surface area contributed by atoms with Gasteiger partial charge in [0.1, 0.15) is 6.29 Å². The van der Waals surface area contributed by atoms with Gasteiger partial charge in [-0.2, -0.15) is 0 Å². The number of hydrogen-bond donors (Lipinski definition) is 1. The Morgan fingerprint density at radius 1 is 1.11 bits per heavy atom. The maximum atomic E-state index is 9.06. The zero-order chi connectivity index (χ0) is 13.6. The van der Waals surface area contributed by atoms with Gasteiger partial charge in [-0.1, -0.05) is 51.3 Å². The Hall–Kier alpha value is -1.57. The summed E-state index contributed by atoms with van der Waals surface area (Å²) in [6, 6.07) is 8.24. The first-order valence-electron chi connectivity index (χ1n) is 6.65. The summed E-state index contributed by atoms with van der Waals surface area (Å²) in [6.07, 6.45) is 9.78. The lowest BCUT2D eigenvalue weighted by atomic mass is 10.1. The molecule has 1 aromatic carbocycles. The largest absolute Gasteiger partial charge is 0.399 e. The second kappa shape index (κ2) is 11.9. The number of nitrogens with two attached hydrogens (primary N) is 1. The van der Waals surface area contributed by atoms with E-state index in [1.807, 2.05) is 12.1 Å². The molecule has 0 unspecified atom stereocenters. The minimum Gasteiger partial charge on any atom is -0.399 e. The van der Waals surface area contributed by atoms with Crippen LogP contribution in [0.5, 0.6) is 0 Å². The Kier molecular flexibility index (Phi) is 10.9. The van der Waals surface area contributed by atoms with Crippen molar-refractivity contribution in [1.29, 1.82) is 0 Å². The van der Waals surface area contributed by atoms with E-state index in [0.29, 0.717) is 6.29 Å². The first-order valence-corrected chi connectivity index (χ1v) is 6.65. The van der Waals surface area contributed by atoms with Gasteiger partial charge in [0.2, 0.25) is 0 Å². The van der Waals surface area contributed by atoms with Crippen molar-refractivity contribution in [3.8, 4) is 0 Å². The van der Waals surface area contributed by atoms with Crippen molar-refractivity contribution in [1.82, 2.24) is 0 Å². The van der Waals surface area contributed by atoms with Gasteiger partial charge in [-0.05, 0) is 36.6 Å². The zero-order valence-electron chi connectivity index (χ0n) is 11.4. The predicted octanol–water partition coefficient (Wildman–Crippen LogP) is 4.15. The maximum absolute atomic E-state index is 9.06. The zero-order valence-corrected chi connectivity index (χ0v) is 11.4. The molecule has 0 heterocycles. The van der Waals surface area contributed by atoms with E-state index in [1.54, 1.807) is 0 Å². The van der Waals surface area contributed by atoms with E-state index in [1.165, 1.54) is 50.2 Å². The summed E-state index contributed by atoms with van der Waals surface area (Å²) >= 11 is 0. The van der Waals surface area contributed by atoms with Gasteiger partial charge in [-0.15, -0.1) is 0 Å². The Bertz CT molecular complexity index is 310. The number of aldehydes is 1. The predicted molar refractivity (Wildman–Crippen MR) is 79.6 cm³/mol. The fourth-order valence-electron chi connectivity index (χ4n) is 1.62. The van der Waals surface area contributed by atoms with Crippen LogP contribution in [-0.2, 0) is 11.2 Å². The maximum Gasteiger partial charge on any atom is 0.142 e. The number of unbranched alkanes of at least 4 members (excludes halogenated alkanes) is 4. The monoisotopic (exact) mass is 247 g/mol. The fraction of sp³-hybridized carbons (Fsp3) is 0.438. The van der Waals surface area contributed by atoms with Crippen molar-refractivity contribution in [2.45, 2.75) is 45.4 Å². The molecule has 2 N–H and O–H groups in total. The highest BCUT2D eigenvalue weighted by Crippen LogP contribution is 2.10. The van der Waals surface area contributed by atoms with Crippen LogP contribution in [0.3, 0.4) is 0 Å². The summed E-state index contributed by atoms with van der Waals surface area (Å²) in [5.41, 5.74) is 7.89. The smallest absolute Gasteiger partial charge is 0.142 e. The summed E-state index contributed by atoms with van der Waals surface area (Å²) < 4.78 is 0. The first-order chi connectivity index (χ1) is 8.74. The van der Waals surface area contributed by atoms with E-state index in [-0.39, 0.29) is 0 Å². The molecule has 1 aromatic rings. The van der Waals surface area contributed by atoms with Gasteiger partial charge in [0.25, 0.3) is 0 Å². The summed E-state index contributed by atoms with van der Waals surface area (Å²) in [7, 11) is 0. The average molecular weight is 247 g/mol. The molecule has 0 bridgehead atoms. The normalized spacial score (nSPS) is 9.17. The molecule has 0 radical (unpaired) electrons. The van der Waals surface area contributed by atoms with Crippen LogP contribution in [0.15, 0.2) is 36.9 Å². The minimum atomic E-state index is 0.639. The Morgan fingerprint density at radius 3 is 2.17 bits per heavy atom. The lowest BCUT2D eigenvalue weighted by Gasteiger charge is -2.01. The van der Waals surface area contributed by atoms with Gasteiger partial charge in [-0.3, -0.25) is 4.79 Å². The molecule has 0 amide bonds. The van der Waals surface area contributed by atoms with Crippen molar-refractivity contribution in [3.63, 3.8) is 0 Å². The summed E-state index contributed by atoms with van der Waals surface area (Å²) in [6.45, 7) is 5.36. The number of carbonyl (C=O) groups is 1. The highest BCUT2D eigenvalue weighted by molar-refractivity contribution is 5.63. The van der Waals surface area contributed by atoms with Crippen LogP contribution in [0.1, 0.15) is 44.6 Å². The number of benzene rings is 1. The molecule has 0 aliphatic carbocycles. The molecule has 0 saturated heterocycles. The van der Waals surface area contributed by atoms with Crippen molar-refractivity contribution in [3.05, 3.63) is 42.5 Å². The first kappa shape index (κ1) is 16.4. The van der Waals surface area contributed by atoms with Crippen LogP contribution in [0.25, 0.3) is 0 Å². The Balaban J connectivity index is 0.000000631. The molecule has 0 aromatic heterocycles. The number of rotatable bonds is 7. The van der Waals surface area contributed by atoms with Crippen molar-refractivity contribution < 1.29 is 4.79 Å². The number of aryl methyl sites for hydroxylation is 1. The van der Waals surface area contributed by atoms with Crippen LogP contribution >= 0.6 is 0 Å². The minimum absolute atomic E-state index is 0.639. The van der Waals surface area contributed by atoms with Gasteiger partial charge in [-0.25, -0.2) is 0 Å². The molecule has 0 spiro atoms. The Labute approximate surface area is 111 Å². The van der Waals surface area contributed by atoms with Crippen LogP contribution in [0.2, 0.25) is 0 Å². The fourth-order valence-corrected chi connectivity index (χ4v) is 1.62. The van der Waals surface area contributed by atoms with Gasteiger partial charge >= 0.3 is 0 Å². The molecule has 0 aliphatic heterocycles. The van der Waals surface area contributed by atoms with Crippen LogP contribution < -0.4 is 5.73 Å². The second-order valence-electron chi connectivity index (χ2n) is 4.28. The molecule has 2 heteroatoms. The number of carbonyl (C=O) groups excluding carboxylic acids is 1. The molecule has 0 saturated carbocycles. The van der Waals surface area contributed by atoms with Crippen molar-refractivity contribution in [2.75, 3.05) is 5.73 Å². The molecular formula is C16H25NO. The van der Waals surface area contributed by atoms with Crippen LogP contribution in [-0.4, -0.2) is 6.29 Å². The van der Waals surface area contributed by atoms with Crippen LogP contribution in [0, 0.1) is 0 Å². The lowest BCUT2D eigenvalue weighted by Crippen LogP contribution is -1.88. The highest BCUT2D eigenvalue weighted by Gasteiger charge is 1.93. The van der Waals surface area contributed by atoms with E-state index >= 15 is 0 Å². The van der Waals surface area contributed by atoms with E-state index in [9.17, 15) is 0 Å². The summed E-state index contributed by atoms with van der Waals surface area (Å²) in [5.74, 6) is 0. The number of allylic oxidation sites excluding steroid dienone is 1. The van der Waals surface area contributed by atoms with E-state index in [2.05, 4.69) is 25.6 Å². The van der Waals surface area contributed by atoms with Crippen LogP contribution in [0.4, 0.5) is 5.69 Å². The van der Waals surface area contributed by atoms with Crippen molar-refractivity contribution >= 4 is 12.0 Å². The molecule has 18 heavy (non-hydrogen) atoms. The van der Waals surface area contributed by atoms with E-state index < -0.39 is 0 Å². The van der Waals surface area contributed by atoms with Gasteiger partial charge in [0, 0.05) is 5.69 Å². The number of hydrogen-bond acceptors (Lipinski definition) is 2. The molecule has 0 fully saturated rings.